The van der Waals surface area contributed by atoms with Crippen molar-refractivity contribution in [2.75, 3.05) is 22.9 Å². The van der Waals surface area contributed by atoms with Crippen molar-refractivity contribution in [3.05, 3.63) is 131 Å². The van der Waals surface area contributed by atoms with Crippen LogP contribution < -0.4 is 9.80 Å². The molecule has 0 N–H and O–H groups in total. The van der Waals surface area contributed by atoms with Crippen LogP contribution in [0.15, 0.2) is 109 Å². The van der Waals surface area contributed by atoms with E-state index in [9.17, 15) is 9.59 Å². The number of fused-ring (bicyclic) bond motifs is 2. The Morgan fingerprint density at radius 1 is 0.441 bits per heavy atom. The summed E-state index contributed by atoms with van der Waals surface area (Å²) in [4.78, 5) is 31.3. The molecular weight excluding hydrogens is 420 g/mol. The van der Waals surface area contributed by atoms with Crippen LogP contribution in [-0.4, -0.2) is 24.9 Å². The number of amides is 2. The quantitative estimate of drug-likeness (QED) is 0.377. The largest absolute Gasteiger partial charge is 0.307 e. The molecule has 168 valence electrons. The molecule has 0 aromatic heterocycles. The lowest BCUT2D eigenvalue weighted by Gasteiger charge is -2.33. The summed E-state index contributed by atoms with van der Waals surface area (Å²) in [5, 5.41) is 0. The number of nitrogens with zero attached hydrogens (tertiary/aromatic N) is 2. The van der Waals surface area contributed by atoms with E-state index in [4.69, 9.17) is 0 Å². The van der Waals surface area contributed by atoms with Gasteiger partial charge in [-0.05, 0) is 48.2 Å². The molecule has 4 aromatic carbocycles. The number of benzene rings is 4. The molecule has 0 bridgehead atoms. The van der Waals surface area contributed by atoms with E-state index < -0.39 is 0 Å². The van der Waals surface area contributed by atoms with Crippen LogP contribution in [0, 0.1) is 0 Å². The number of hydrogen-bond donors (Lipinski definition) is 0. The van der Waals surface area contributed by atoms with Crippen molar-refractivity contribution in [3.63, 3.8) is 0 Å². The average molecular weight is 447 g/mol. The van der Waals surface area contributed by atoms with Crippen LogP contribution in [-0.2, 0) is 12.8 Å². The SMILES string of the molecule is O=C1c2ccccc2N(CCc2ccccc2)C(=O)c2ccccc2N1CCc1ccccc1. The number of carbonyl (C=O) groups is 2. The minimum Gasteiger partial charge on any atom is -0.307 e. The Labute approximate surface area is 200 Å². The summed E-state index contributed by atoms with van der Waals surface area (Å²) in [5.41, 5.74) is 4.72. The Balaban J connectivity index is 1.54. The van der Waals surface area contributed by atoms with E-state index in [2.05, 4.69) is 24.3 Å². The molecule has 1 aliphatic rings. The zero-order chi connectivity index (χ0) is 23.3. The van der Waals surface area contributed by atoms with Crippen LogP contribution in [0.3, 0.4) is 0 Å². The van der Waals surface area contributed by atoms with E-state index in [1.54, 1.807) is 9.80 Å². The number of rotatable bonds is 6. The third-order valence-electron chi connectivity index (χ3n) is 6.27. The molecule has 0 saturated heterocycles. The van der Waals surface area contributed by atoms with Crippen molar-refractivity contribution in [2.45, 2.75) is 12.8 Å². The van der Waals surface area contributed by atoms with Gasteiger partial charge in [0.15, 0.2) is 0 Å². The van der Waals surface area contributed by atoms with E-state index >= 15 is 0 Å². The third kappa shape index (κ3) is 4.35. The van der Waals surface area contributed by atoms with Gasteiger partial charge < -0.3 is 9.80 Å². The summed E-state index contributed by atoms with van der Waals surface area (Å²) in [7, 11) is 0. The molecule has 4 heteroatoms. The fourth-order valence-electron chi connectivity index (χ4n) is 4.50. The molecule has 0 saturated carbocycles. The molecule has 2 amide bonds. The predicted molar refractivity (Wildman–Crippen MR) is 137 cm³/mol. The van der Waals surface area contributed by atoms with Gasteiger partial charge in [-0.3, -0.25) is 9.59 Å². The molecule has 1 aliphatic heterocycles. The highest BCUT2D eigenvalue weighted by Gasteiger charge is 2.32. The lowest BCUT2D eigenvalue weighted by atomic mass is 10.0. The summed E-state index contributed by atoms with van der Waals surface area (Å²) in [5.74, 6) is -0.174. The van der Waals surface area contributed by atoms with E-state index in [-0.39, 0.29) is 11.8 Å². The highest BCUT2D eigenvalue weighted by atomic mass is 16.2. The number of anilines is 2. The van der Waals surface area contributed by atoms with Crippen molar-refractivity contribution in [1.82, 2.24) is 0 Å². The minimum absolute atomic E-state index is 0.0869. The van der Waals surface area contributed by atoms with Gasteiger partial charge in [0.25, 0.3) is 11.8 Å². The fraction of sp³-hybridized carbons (Fsp3) is 0.133. The van der Waals surface area contributed by atoms with Gasteiger partial charge in [0.05, 0.1) is 22.5 Å². The van der Waals surface area contributed by atoms with Crippen LogP contribution in [0.2, 0.25) is 0 Å². The molecule has 4 aromatic rings. The average Bonchev–Trinajstić information content (AvgIpc) is 2.90. The van der Waals surface area contributed by atoms with E-state index in [0.29, 0.717) is 48.4 Å². The summed E-state index contributed by atoms with van der Waals surface area (Å²) in [6.45, 7) is 0.983. The topological polar surface area (TPSA) is 40.6 Å². The van der Waals surface area contributed by atoms with Crippen LogP contribution in [0.4, 0.5) is 11.4 Å². The van der Waals surface area contributed by atoms with Crippen LogP contribution >= 0.6 is 0 Å². The first-order chi connectivity index (χ1) is 16.7. The summed E-state index contributed by atoms with van der Waals surface area (Å²) < 4.78 is 0. The van der Waals surface area contributed by atoms with E-state index in [1.165, 1.54) is 0 Å². The fourth-order valence-corrected chi connectivity index (χ4v) is 4.50. The lowest BCUT2D eigenvalue weighted by molar-refractivity contribution is 0.0974. The van der Waals surface area contributed by atoms with Crippen LogP contribution in [0.5, 0.6) is 0 Å². The van der Waals surface area contributed by atoms with E-state index in [0.717, 1.165) is 11.1 Å². The zero-order valence-electron chi connectivity index (χ0n) is 18.9. The van der Waals surface area contributed by atoms with Crippen molar-refractivity contribution in [1.29, 1.82) is 0 Å². The molecule has 0 unspecified atom stereocenters. The number of para-hydroxylation sites is 2. The Morgan fingerprint density at radius 3 is 1.21 bits per heavy atom. The third-order valence-corrected chi connectivity index (χ3v) is 6.27. The Bertz CT molecular complexity index is 1200. The monoisotopic (exact) mass is 446 g/mol. The molecule has 1 heterocycles. The Kier molecular flexibility index (Phi) is 6.21. The van der Waals surface area contributed by atoms with Crippen molar-refractivity contribution in [3.8, 4) is 0 Å². The van der Waals surface area contributed by atoms with Gasteiger partial charge in [-0.15, -0.1) is 0 Å². The molecular formula is C30H26N2O2. The second-order valence-electron chi connectivity index (χ2n) is 8.42. The van der Waals surface area contributed by atoms with Crippen LogP contribution in [0.1, 0.15) is 31.8 Å². The van der Waals surface area contributed by atoms with Gasteiger partial charge in [0.1, 0.15) is 0 Å². The smallest absolute Gasteiger partial charge is 0.260 e. The maximum atomic E-state index is 13.9. The molecule has 34 heavy (non-hydrogen) atoms. The van der Waals surface area contributed by atoms with Gasteiger partial charge in [-0.25, -0.2) is 0 Å². The lowest BCUT2D eigenvalue weighted by Crippen LogP contribution is -2.42. The summed E-state index contributed by atoms with van der Waals surface area (Å²) in [6.07, 6.45) is 1.41. The molecule has 0 radical (unpaired) electrons. The highest BCUT2D eigenvalue weighted by Crippen LogP contribution is 2.33. The number of hydrogen-bond acceptors (Lipinski definition) is 2. The molecule has 0 atom stereocenters. The van der Waals surface area contributed by atoms with Crippen LogP contribution in [0.25, 0.3) is 0 Å². The number of carbonyl (C=O) groups excluding carboxylic acids is 2. The molecule has 0 spiro atoms. The van der Waals surface area contributed by atoms with E-state index in [1.807, 2.05) is 84.9 Å². The normalized spacial score (nSPS) is 13.2. The van der Waals surface area contributed by atoms with Crippen molar-refractivity contribution < 1.29 is 9.59 Å². The first-order valence-electron chi connectivity index (χ1n) is 11.6. The summed E-state index contributed by atoms with van der Waals surface area (Å²) in [6, 6.07) is 35.1. The first-order valence-corrected chi connectivity index (χ1v) is 11.6. The minimum atomic E-state index is -0.0869. The van der Waals surface area contributed by atoms with Gasteiger partial charge in [-0.1, -0.05) is 84.9 Å². The second-order valence-corrected chi connectivity index (χ2v) is 8.42. The first kappa shape index (κ1) is 21.7. The van der Waals surface area contributed by atoms with Crippen molar-refractivity contribution >= 4 is 23.2 Å². The molecule has 4 nitrogen and oxygen atoms in total. The summed E-state index contributed by atoms with van der Waals surface area (Å²) >= 11 is 0. The second kappa shape index (κ2) is 9.75. The Morgan fingerprint density at radius 2 is 0.794 bits per heavy atom. The molecule has 0 fully saturated rings. The maximum Gasteiger partial charge on any atom is 0.260 e. The zero-order valence-corrected chi connectivity index (χ0v) is 18.9. The standard InChI is InChI=1S/C30H26N2O2/c33-29-26-16-8-10-18-28(26)32(22-20-24-13-5-2-6-14-24)30(34)25-15-7-9-17-27(25)31(29)21-19-23-11-3-1-4-12-23/h1-18H,19-22H2. The predicted octanol–water partition coefficient (Wildman–Crippen LogP) is 5.78. The van der Waals surface area contributed by atoms with Crippen molar-refractivity contribution in [2.24, 2.45) is 0 Å². The Hall–Kier alpha value is -4.18. The molecule has 0 aliphatic carbocycles. The molecule has 5 rings (SSSR count). The van der Waals surface area contributed by atoms with Gasteiger partial charge in [0, 0.05) is 13.1 Å². The highest BCUT2D eigenvalue weighted by molar-refractivity contribution is 6.20. The van der Waals surface area contributed by atoms with Gasteiger partial charge in [0.2, 0.25) is 0 Å². The van der Waals surface area contributed by atoms with Gasteiger partial charge in [-0.2, -0.15) is 0 Å². The maximum absolute atomic E-state index is 13.9. The van der Waals surface area contributed by atoms with Gasteiger partial charge >= 0.3 is 0 Å².